The summed E-state index contributed by atoms with van der Waals surface area (Å²) >= 11 is 0. The summed E-state index contributed by atoms with van der Waals surface area (Å²) in [6, 6.07) is 0. The number of hydrogen-bond acceptors (Lipinski definition) is 4. The van der Waals surface area contributed by atoms with E-state index in [4.69, 9.17) is 4.74 Å². The lowest BCUT2D eigenvalue weighted by Crippen LogP contribution is -2.26. The molecule has 0 aliphatic heterocycles. The van der Waals surface area contributed by atoms with E-state index in [1.54, 1.807) is 0 Å². The molecule has 19 heavy (non-hydrogen) atoms. The van der Waals surface area contributed by atoms with E-state index < -0.39 is 0 Å². The molecule has 1 aliphatic carbocycles. The molecule has 0 amide bonds. The van der Waals surface area contributed by atoms with Crippen molar-refractivity contribution in [2.75, 3.05) is 12.4 Å². The van der Waals surface area contributed by atoms with Gasteiger partial charge in [0.25, 0.3) is 0 Å². The van der Waals surface area contributed by atoms with Crippen LogP contribution in [-0.2, 0) is 0 Å². The number of nitrogens with one attached hydrogen (secondary N) is 1. The van der Waals surface area contributed by atoms with Gasteiger partial charge in [0.2, 0.25) is 5.88 Å². The first kappa shape index (κ1) is 14.1. The van der Waals surface area contributed by atoms with Crippen molar-refractivity contribution in [3.8, 4) is 5.88 Å². The molecule has 2 unspecified atom stereocenters. The zero-order chi connectivity index (χ0) is 13.8. The minimum absolute atomic E-state index is 0.316. The summed E-state index contributed by atoms with van der Waals surface area (Å²) in [5.41, 5.74) is 1.01. The molecule has 0 bridgehead atoms. The van der Waals surface area contributed by atoms with E-state index in [0.29, 0.717) is 6.10 Å². The van der Waals surface area contributed by atoms with Gasteiger partial charge in [0, 0.05) is 7.05 Å². The lowest BCUT2D eigenvalue weighted by molar-refractivity contribution is 0.116. The predicted octanol–water partition coefficient (Wildman–Crippen LogP) is 3.48. The Labute approximate surface area is 116 Å². The third-order valence-corrected chi connectivity index (χ3v) is 4.04. The van der Waals surface area contributed by atoms with Crippen LogP contribution in [0.5, 0.6) is 5.88 Å². The SMILES string of the molecule is CCC1CCCC(Oc2nc(C)nc(NC)c2C)C1. The fraction of sp³-hybridized carbons (Fsp3) is 0.733. The molecule has 1 aromatic rings. The van der Waals surface area contributed by atoms with Crippen LogP contribution in [0.25, 0.3) is 0 Å². The fourth-order valence-corrected chi connectivity index (χ4v) is 2.84. The first-order chi connectivity index (χ1) is 9.13. The van der Waals surface area contributed by atoms with Crippen molar-refractivity contribution in [2.24, 2.45) is 5.92 Å². The molecule has 1 aromatic heterocycles. The largest absolute Gasteiger partial charge is 0.474 e. The molecule has 2 rings (SSSR count). The molecular weight excluding hydrogens is 238 g/mol. The Morgan fingerprint density at radius 1 is 1.26 bits per heavy atom. The van der Waals surface area contributed by atoms with Gasteiger partial charge in [-0.25, -0.2) is 4.98 Å². The number of hydrogen-bond donors (Lipinski definition) is 1. The number of anilines is 1. The smallest absolute Gasteiger partial charge is 0.222 e. The summed E-state index contributed by atoms with van der Waals surface area (Å²) in [6.07, 6.45) is 6.49. The topological polar surface area (TPSA) is 47.0 Å². The lowest BCUT2D eigenvalue weighted by atomic mass is 9.85. The maximum atomic E-state index is 6.15. The van der Waals surface area contributed by atoms with Crippen LogP contribution in [0.2, 0.25) is 0 Å². The van der Waals surface area contributed by atoms with Crippen LogP contribution < -0.4 is 10.1 Å². The Morgan fingerprint density at radius 3 is 2.74 bits per heavy atom. The molecule has 0 spiro atoms. The molecule has 0 saturated heterocycles. The molecule has 0 radical (unpaired) electrons. The summed E-state index contributed by atoms with van der Waals surface area (Å²) in [6.45, 7) is 6.19. The van der Waals surface area contributed by atoms with Gasteiger partial charge < -0.3 is 10.1 Å². The van der Waals surface area contributed by atoms with Gasteiger partial charge in [-0.3, -0.25) is 0 Å². The molecule has 1 N–H and O–H groups in total. The van der Waals surface area contributed by atoms with E-state index in [1.165, 1.54) is 19.3 Å². The first-order valence-corrected chi connectivity index (χ1v) is 7.33. The lowest BCUT2D eigenvalue weighted by Gasteiger charge is -2.29. The molecular formula is C15H25N3O. The Bertz CT molecular complexity index is 434. The third kappa shape index (κ3) is 3.37. The van der Waals surface area contributed by atoms with E-state index in [0.717, 1.165) is 41.8 Å². The normalized spacial score (nSPS) is 23.2. The highest BCUT2D eigenvalue weighted by atomic mass is 16.5. The van der Waals surface area contributed by atoms with E-state index in [-0.39, 0.29) is 0 Å². The van der Waals surface area contributed by atoms with E-state index in [1.807, 2.05) is 20.9 Å². The van der Waals surface area contributed by atoms with Crippen molar-refractivity contribution in [1.29, 1.82) is 0 Å². The summed E-state index contributed by atoms with van der Waals surface area (Å²) < 4.78 is 6.15. The van der Waals surface area contributed by atoms with Crippen LogP contribution >= 0.6 is 0 Å². The van der Waals surface area contributed by atoms with Gasteiger partial charge in [0.1, 0.15) is 17.7 Å². The molecule has 4 heteroatoms. The Morgan fingerprint density at radius 2 is 2.05 bits per heavy atom. The highest BCUT2D eigenvalue weighted by Gasteiger charge is 2.23. The van der Waals surface area contributed by atoms with Crippen LogP contribution in [0.3, 0.4) is 0 Å². The van der Waals surface area contributed by atoms with Gasteiger partial charge in [0.15, 0.2) is 0 Å². The van der Waals surface area contributed by atoms with E-state index in [2.05, 4.69) is 22.2 Å². The van der Waals surface area contributed by atoms with Crippen LogP contribution in [-0.4, -0.2) is 23.1 Å². The zero-order valence-corrected chi connectivity index (χ0v) is 12.5. The molecule has 0 aromatic carbocycles. The maximum absolute atomic E-state index is 6.15. The monoisotopic (exact) mass is 263 g/mol. The number of aryl methyl sites for hydroxylation is 1. The summed E-state index contributed by atoms with van der Waals surface area (Å²) in [5.74, 6) is 3.18. The number of rotatable bonds is 4. The fourth-order valence-electron chi connectivity index (χ4n) is 2.84. The van der Waals surface area contributed by atoms with Crippen molar-refractivity contribution >= 4 is 5.82 Å². The van der Waals surface area contributed by atoms with Crippen molar-refractivity contribution in [3.63, 3.8) is 0 Å². The summed E-state index contributed by atoms with van der Waals surface area (Å²) in [4.78, 5) is 8.83. The van der Waals surface area contributed by atoms with E-state index in [9.17, 15) is 0 Å². The van der Waals surface area contributed by atoms with Gasteiger partial charge in [-0.2, -0.15) is 4.98 Å². The van der Waals surface area contributed by atoms with Gasteiger partial charge >= 0.3 is 0 Å². The minimum atomic E-state index is 0.316. The molecule has 106 valence electrons. The Balaban J connectivity index is 2.12. The molecule has 1 heterocycles. The second-order valence-electron chi connectivity index (χ2n) is 5.48. The molecule has 1 aliphatic rings. The third-order valence-electron chi connectivity index (χ3n) is 4.04. The molecule has 4 nitrogen and oxygen atoms in total. The van der Waals surface area contributed by atoms with Gasteiger partial charge in [-0.1, -0.05) is 19.8 Å². The van der Waals surface area contributed by atoms with Crippen LogP contribution in [0, 0.1) is 19.8 Å². The van der Waals surface area contributed by atoms with Crippen LogP contribution in [0.15, 0.2) is 0 Å². The number of aromatic nitrogens is 2. The van der Waals surface area contributed by atoms with Crippen molar-refractivity contribution < 1.29 is 4.74 Å². The molecule has 2 atom stereocenters. The quantitative estimate of drug-likeness (QED) is 0.903. The first-order valence-electron chi connectivity index (χ1n) is 7.33. The van der Waals surface area contributed by atoms with Gasteiger partial charge in [-0.05, 0) is 39.0 Å². The Kier molecular flexibility index (Phi) is 4.61. The van der Waals surface area contributed by atoms with Crippen molar-refractivity contribution in [2.45, 2.75) is 59.0 Å². The zero-order valence-electron chi connectivity index (χ0n) is 12.5. The Hall–Kier alpha value is -1.32. The number of ether oxygens (including phenoxy) is 1. The van der Waals surface area contributed by atoms with E-state index >= 15 is 0 Å². The second-order valence-corrected chi connectivity index (χ2v) is 5.48. The summed E-state index contributed by atoms with van der Waals surface area (Å²) in [5, 5.41) is 3.10. The van der Waals surface area contributed by atoms with Crippen LogP contribution in [0.4, 0.5) is 5.82 Å². The predicted molar refractivity (Wildman–Crippen MR) is 77.7 cm³/mol. The standard InChI is InChI=1S/C15H25N3O/c1-5-12-7-6-8-13(9-12)19-15-10(2)14(16-4)17-11(3)18-15/h12-13H,5-9H2,1-4H3,(H,16,17,18). The highest BCUT2D eigenvalue weighted by Crippen LogP contribution is 2.31. The average molecular weight is 263 g/mol. The second kappa shape index (κ2) is 6.22. The highest BCUT2D eigenvalue weighted by molar-refractivity contribution is 5.47. The molecule has 1 saturated carbocycles. The van der Waals surface area contributed by atoms with Gasteiger partial charge in [0.05, 0.1) is 5.56 Å². The number of nitrogens with zero attached hydrogens (tertiary/aromatic N) is 2. The maximum Gasteiger partial charge on any atom is 0.222 e. The van der Waals surface area contributed by atoms with Crippen molar-refractivity contribution in [1.82, 2.24) is 9.97 Å². The molecule has 1 fully saturated rings. The van der Waals surface area contributed by atoms with Crippen molar-refractivity contribution in [3.05, 3.63) is 11.4 Å². The van der Waals surface area contributed by atoms with Crippen LogP contribution in [0.1, 0.15) is 50.4 Å². The van der Waals surface area contributed by atoms with Gasteiger partial charge in [-0.15, -0.1) is 0 Å². The summed E-state index contributed by atoms with van der Waals surface area (Å²) in [7, 11) is 1.88. The average Bonchev–Trinajstić information content (AvgIpc) is 2.42. The minimum Gasteiger partial charge on any atom is -0.474 e.